The summed E-state index contributed by atoms with van der Waals surface area (Å²) >= 11 is 0. The van der Waals surface area contributed by atoms with Crippen molar-refractivity contribution in [3.8, 4) is 0 Å². The highest BCUT2D eigenvalue weighted by atomic mass is 19.4. The average molecular weight is 684 g/mol. The van der Waals surface area contributed by atoms with Crippen molar-refractivity contribution in [1.82, 2.24) is 14.8 Å². The van der Waals surface area contributed by atoms with E-state index >= 15 is 0 Å². The number of aromatic nitrogens is 1. The molecule has 0 aromatic carbocycles. The maximum atomic E-state index is 10.6. The van der Waals surface area contributed by atoms with Gasteiger partial charge in [-0.2, -0.15) is 39.5 Å². The van der Waals surface area contributed by atoms with Gasteiger partial charge in [-0.1, -0.05) is 6.07 Å². The lowest BCUT2D eigenvalue weighted by Crippen LogP contribution is -2.46. The zero-order chi connectivity index (χ0) is 35.3. The Bertz CT molecular complexity index is 1180. The Labute approximate surface area is 255 Å². The Balaban J connectivity index is 0.000000413. The lowest BCUT2D eigenvalue weighted by atomic mass is 9.93. The van der Waals surface area contributed by atoms with Gasteiger partial charge >= 0.3 is 36.4 Å². The molecule has 0 spiro atoms. The van der Waals surface area contributed by atoms with Crippen molar-refractivity contribution in [3.63, 3.8) is 0 Å². The Morgan fingerprint density at radius 2 is 1.35 bits per heavy atom. The molecule has 0 saturated carbocycles. The summed E-state index contributed by atoms with van der Waals surface area (Å²) in [7, 11) is 0. The number of pyridine rings is 1. The van der Waals surface area contributed by atoms with Gasteiger partial charge < -0.3 is 24.5 Å². The molecule has 2 aliphatic heterocycles. The third-order valence-corrected chi connectivity index (χ3v) is 6.04. The SMILES string of the molecule is Cc1ccc(CN2CCC3CN(Cc4cccnc4)CCOC3C2)o1.O=C(O)C(F)(F)F.O=C(O)C(F)(F)F.O=C(O)C(F)(F)F. The van der Waals surface area contributed by atoms with Gasteiger partial charge in [0.2, 0.25) is 0 Å². The first-order valence-electron chi connectivity index (χ1n) is 13.0. The zero-order valence-electron chi connectivity index (χ0n) is 23.9. The smallest absolute Gasteiger partial charge is 0.475 e. The molecular weight excluding hydrogens is 653 g/mol. The third kappa shape index (κ3) is 15.9. The number of halogens is 9. The first-order valence-corrected chi connectivity index (χ1v) is 13.0. The van der Waals surface area contributed by atoms with Crippen LogP contribution < -0.4 is 0 Å². The average Bonchev–Trinajstić information content (AvgIpc) is 3.23. The van der Waals surface area contributed by atoms with Crippen LogP contribution in [0.25, 0.3) is 0 Å². The number of carboxylic acids is 3. The van der Waals surface area contributed by atoms with Crippen LogP contribution in [0.1, 0.15) is 23.5 Å². The molecule has 46 heavy (non-hydrogen) atoms. The highest BCUT2D eigenvalue weighted by molar-refractivity contribution is 5.73. The third-order valence-electron chi connectivity index (χ3n) is 6.04. The molecule has 2 aromatic heterocycles. The molecule has 11 nitrogen and oxygen atoms in total. The molecule has 2 atom stereocenters. The van der Waals surface area contributed by atoms with Crippen molar-refractivity contribution in [3.05, 3.63) is 53.7 Å². The van der Waals surface area contributed by atoms with Crippen molar-refractivity contribution in [2.45, 2.75) is 51.1 Å². The van der Waals surface area contributed by atoms with E-state index < -0.39 is 36.4 Å². The number of rotatable bonds is 4. The molecule has 0 bridgehead atoms. The summed E-state index contributed by atoms with van der Waals surface area (Å²) in [5, 5.41) is 21.4. The molecule has 2 saturated heterocycles. The Morgan fingerprint density at radius 1 is 0.826 bits per heavy atom. The molecule has 3 N–H and O–H groups in total. The predicted molar refractivity (Wildman–Crippen MR) is 137 cm³/mol. The summed E-state index contributed by atoms with van der Waals surface area (Å²) < 4.78 is 107. The van der Waals surface area contributed by atoms with Gasteiger partial charge in [0.25, 0.3) is 0 Å². The summed E-state index contributed by atoms with van der Waals surface area (Å²) in [6.45, 7) is 8.91. The van der Waals surface area contributed by atoms with Gasteiger partial charge in [0.15, 0.2) is 0 Å². The number of nitrogens with zero attached hydrogens (tertiary/aromatic N) is 3. The van der Waals surface area contributed by atoms with Crippen LogP contribution in [0.4, 0.5) is 39.5 Å². The molecule has 20 heteroatoms. The van der Waals surface area contributed by atoms with Gasteiger partial charge in [0.05, 0.1) is 19.3 Å². The second kappa shape index (κ2) is 17.7. The van der Waals surface area contributed by atoms with Crippen LogP contribution in [0.2, 0.25) is 0 Å². The van der Waals surface area contributed by atoms with Gasteiger partial charge in [-0.05, 0) is 43.7 Å². The van der Waals surface area contributed by atoms with Crippen LogP contribution in [-0.2, 0) is 32.2 Å². The topological polar surface area (TPSA) is 154 Å². The van der Waals surface area contributed by atoms with Crippen LogP contribution in [0.3, 0.4) is 0 Å². The standard InChI is InChI=1S/C20H27N3O2.3C2HF3O2/c1-16-4-5-19(25-16)14-22-8-6-18-13-23(9-10-24-20(18)15-22)12-17-3-2-7-21-11-17;3*3-2(4,5)1(6)7/h2-5,7,11,18,20H,6,8-10,12-15H2,1H3;3*(H,6,7). The first kappa shape index (κ1) is 40.1. The van der Waals surface area contributed by atoms with Gasteiger partial charge in [0, 0.05) is 44.5 Å². The second-order valence-corrected chi connectivity index (χ2v) is 9.71. The normalized spacial score (nSPS) is 19.0. The Morgan fingerprint density at radius 3 is 1.78 bits per heavy atom. The number of fused-ring (bicyclic) bond motifs is 1. The molecule has 4 heterocycles. The molecule has 2 unspecified atom stereocenters. The molecule has 2 fully saturated rings. The summed E-state index contributed by atoms with van der Waals surface area (Å²) in [6, 6.07) is 8.30. The van der Waals surface area contributed by atoms with E-state index in [4.69, 9.17) is 38.9 Å². The van der Waals surface area contributed by atoms with Crippen LogP contribution in [0.5, 0.6) is 0 Å². The number of hydrogen-bond acceptors (Lipinski definition) is 8. The maximum Gasteiger partial charge on any atom is 0.490 e. The fraction of sp³-hybridized carbons (Fsp3) is 0.538. The predicted octanol–water partition coefficient (Wildman–Crippen LogP) is 4.61. The summed E-state index contributed by atoms with van der Waals surface area (Å²) in [4.78, 5) is 35.9. The molecule has 2 aliphatic rings. The van der Waals surface area contributed by atoms with Crippen molar-refractivity contribution < 1.29 is 78.4 Å². The number of carbonyl (C=O) groups is 3. The fourth-order valence-electron chi connectivity index (χ4n) is 4.01. The minimum absolute atomic E-state index is 0.337. The van der Waals surface area contributed by atoms with Crippen LogP contribution in [0.15, 0.2) is 41.1 Å². The van der Waals surface area contributed by atoms with E-state index in [-0.39, 0.29) is 0 Å². The molecule has 0 aliphatic carbocycles. The number of alkyl halides is 9. The number of piperidine rings is 1. The fourth-order valence-corrected chi connectivity index (χ4v) is 4.01. The van der Waals surface area contributed by atoms with E-state index in [1.807, 2.05) is 31.5 Å². The summed E-state index contributed by atoms with van der Waals surface area (Å²) in [6.07, 6.45) is -9.92. The van der Waals surface area contributed by atoms with Gasteiger partial charge in [0.1, 0.15) is 11.5 Å². The van der Waals surface area contributed by atoms with Gasteiger partial charge in [-0.15, -0.1) is 0 Å². The quantitative estimate of drug-likeness (QED) is 0.388. The van der Waals surface area contributed by atoms with Crippen molar-refractivity contribution in [2.75, 3.05) is 32.8 Å². The summed E-state index contributed by atoms with van der Waals surface area (Å²) in [5.74, 6) is -5.61. The van der Waals surface area contributed by atoms with E-state index in [1.54, 1.807) is 0 Å². The van der Waals surface area contributed by atoms with Crippen LogP contribution >= 0.6 is 0 Å². The molecule has 2 aromatic rings. The van der Waals surface area contributed by atoms with E-state index in [2.05, 4.69) is 26.9 Å². The number of hydrogen-bond donors (Lipinski definition) is 3. The number of aliphatic carboxylic acids is 3. The molecule has 4 rings (SSSR count). The number of aryl methyl sites for hydroxylation is 1. The highest BCUT2D eigenvalue weighted by Gasteiger charge is 2.39. The van der Waals surface area contributed by atoms with Crippen LogP contribution in [0, 0.1) is 12.8 Å². The van der Waals surface area contributed by atoms with E-state index in [0.717, 1.165) is 57.4 Å². The molecule has 260 valence electrons. The Hall–Kier alpha value is -3.91. The number of carboxylic acid groups (broad SMARTS) is 3. The van der Waals surface area contributed by atoms with Crippen LogP contribution in [-0.4, -0.2) is 105 Å². The summed E-state index contributed by atoms with van der Waals surface area (Å²) in [5.41, 5.74) is 1.28. The zero-order valence-corrected chi connectivity index (χ0v) is 23.9. The Kier molecular flexibility index (Phi) is 15.4. The highest BCUT2D eigenvalue weighted by Crippen LogP contribution is 2.26. The lowest BCUT2D eigenvalue weighted by molar-refractivity contribution is -0.193. The van der Waals surface area contributed by atoms with Gasteiger partial charge in [-0.25, -0.2) is 14.4 Å². The number of likely N-dealkylation sites (tertiary alicyclic amines) is 1. The van der Waals surface area contributed by atoms with E-state index in [9.17, 15) is 39.5 Å². The van der Waals surface area contributed by atoms with Crippen molar-refractivity contribution in [2.24, 2.45) is 5.92 Å². The van der Waals surface area contributed by atoms with Crippen molar-refractivity contribution >= 4 is 17.9 Å². The molecule has 0 amide bonds. The first-order chi connectivity index (χ1) is 21.1. The van der Waals surface area contributed by atoms with E-state index in [1.165, 1.54) is 12.0 Å². The molecular formula is C26H30F9N3O8. The lowest BCUT2D eigenvalue weighted by Gasteiger charge is -2.37. The number of ether oxygens (including phenoxy) is 1. The second-order valence-electron chi connectivity index (χ2n) is 9.71. The van der Waals surface area contributed by atoms with Crippen molar-refractivity contribution in [1.29, 1.82) is 0 Å². The minimum Gasteiger partial charge on any atom is -0.475 e. The van der Waals surface area contributed by atoms with E-state index in [0.29, 0.717) is 12.0 Å². The minimum atomic E-state index is -5.08. The maximum absolute atomic E-state index is 10.6. The largest absolute Gasteiger partial charge is 0.490 e. The monoisotopic (exact) mass is 683 g/mol. The molecule has 0 radical (unpaired) electrons. The number of furan rings is 1. The van der Waals surface area contributed by atoms with Gasteiger partial charge in [-0.3, -0.25) is 14.8 Å².